The molecule has 0 saturated carbocycles. The number of nitrogens with zero attached hydrogens (tertiary/aromatic N) is 1. The number of hydrogen-bond donors (Lipinski definition) is 1. The summed E-state index contributed by atoms with van der Waals surface area (Å²) in [5, 5.41) is 10.0. The van der Waals surface area contributed by atoms with Crippen LogP contribution in [0.4, 0.5) is 4.39 Å². The molecule has 4 rings (SSSR count). The van der Waals surface area contributed by atoms with Gasteiger partial charge in [0.15, 0.2) is 11.5 Å². The van der Waals surface area contributed by atoms with Crippen LogP contribution in [-0.4, -0.2) is 35.4 Å². The molecule has 0 aromatic heterocycles. The van der Waals surface area contributed by atoms with Crippen molar-refractivity contribution in [2.45, 2.75) is 18.6 Å². The van der Waals surface area contributed by atoms with E-state index in [1.807, 2.05) is 0 Å². The largest absolute Gasteiger partial charge is 0.454 e. The Kier molecular flexibility index (Phi) is 3.61. The Morgan fingerprint density at radius 2 is 2.00 bits per heavy atom. The number of benzene rings is 2. The average molecular weight is 329 g/mol. The van der Waals surface area contributed by atoms with E-state index in [-0.39, 0.29) is 31.1 Å². The summed E-state index contributed by atoms with van der Waals surface area (Å²) in [5.41, 5.74) is 1.13. The third-order valence-corrected chi connectivity index (χ3v) is 4.39. The van der Waals surface area contributed by atoms with E-state index >= 15 is 0 Å². The summed E-state index contributed by atoms with van der Waals surface area (Å²) in [6.45, 7) is 0.357. The monoisotopic (exact) mass is 329 g/mol. The topological polar surface area (TPSA) is 59.0 Å². The molecule has 2 aromatic rings. The van der Waals surface area contributed by atoms with Crippen molar-refractivity contribution >= 4 is 5.91 Å². The van der Waals surface area contributed by atoms with Gasteiger partial charge in [0.25, 0.3) is 5.91 Å². The highest BCUT2D eigenvalue weighted by molar-refractivity contribution is 5.95. The third kappa shape index (κ3) is 2.59. The Balaban J connectivity index is 1.64. The van der Waals surface area contributed by atoms with Gasteiger partial charge >= 0.3 is 0 Å². The van der Waals surface area contributed by atoms with E-state index in [4.69, 9.17) is 9.47 Å². The molecule has 0 spiro atoms. The molecule has 1 fully saturated rings. The summed E-state index contributed by atoms with van der Waals surface area (Å²) in [6.07, 6.45) is -0.240. The second-order valence-corrected chi connectivity index (χ2v) is 5.99. The predicted octanol–water partition coefficient (Wildman–Crippen LogP) is 2.50. The van der Waals surface area contributed by atoms with Crippen LogP contribution < -0.4 is 9.47 Å². The van der Waals surface area contributed by atoms with E-state index in [2.05, 4.69) is 0 Å². The van der Waals surface area contributed by atoms with Crippen LogP contribution in [0.3, 0.4) is 0 Å². The molecule has 0 aliphatic carbocycles. The number of aliphatic hydroxyl groups excluding tert-OH is 1. The fourth-order valence-electron chi connectivity index (χ4n) is 3.26. The first-order valence-corrected chi connectivity index (χ1v) is 7.76. The van der Waals surface area contributed by atoms with Crippen molar-refractivity contribution in [1.29, 1.82) is 0 Å². The normalized spacial score (nSPS) is 22.0. The molecule has 0 radical (unpaired) electrons. The Morgan fingerprint density at radius 3 is 2.83 bits per heavy atom. The van der Waals surface area contributed by atoms with Gasteiger partial charge in [0.05, 0.1) is 12.1 Å². The van der Waals surface area contributed by atoms with Gasteiger partial charge < -0.3 is 19.5 Å². The van der Waals surface area contributed by atoms with Gasteiger partial charge in [0.1, 0.15) is 5.82 Å². The maximum atomic E-state index is 13.5. The summed E-state index contributed by atoms with van der Waals surface area (Å²) < 4.78 is 24.1. The number of ether oxygens (including phenoxy) is 2. The summed E-state index contributed by atoms with van der Waals surface area (Å²) in [5.74, 6) is 0.557. The molecule has 1 amide bonds. The maximum absolute atomic E-state index is 13.5. The van der Waals surface area contributed by atoms with Crippen LogP contribution in [0.5, 0.6) is 11.5 Å². The van der Waals surface area contributed by atoms with Crippen LogP contribution >= 0.6 is 0 Å². The number of hydrogen-bond acceptors (Lipinski definition) is 4. The molecule has 6 heteroatoms. The number of carbonyl (C=O) groups excluding carboxylic acids is 1. The lowest BCUT2D eigenvalue weighted by atomic mass is 10.0. The van der Waals surface area contributed by atoms with Crippen LogP contribution in [-0.2, 0) is 0 Å². The Morgan fingerprint density at radius 1 is 1.17 bits per heavy atom. The van der Waals surface area contributed by atoms with E-state index in [1.165, 1.54) is 12.1 Å². The molecule has 0 bridgehead atoms. The zero-order chi connectivity index (χ0) is 16.7. The fourth-order valence-corrected chi connectivity index (χ4v) is 3.26. The average Bonchev–Trinajstić information content (AvgIpc) is 3.19. The number of β-amino-alcohol motifs (C(OH)–C–C–N with tert-alkyl or cyclic N) is 1. The zero-order valence-corrected chi connectivity index (χ0v) is 12.8. The molecule has 5 nitrogen and oxygen atoms in total. The van der Waals surface area contributed by atoms with Crippen LogP contribution in [0.1, 0.15) is 28.4 Å². The van der Waals surface area contributed by atoms with Crippen molar-refractivity contribution in [2.24, 2.45) is 0 Å². The molecule has 1 N–H and O–H groups in total. The number of halogens is 1. The first kappa shape index (κ1) is 15.0. The molecular weight excluding hydrogens is 313 g/mol. The van der Waals surface area contributed by atoms with E-state index in [0.717, 1.165) is 0 Å². The Labute approximate surface area is 138 Å². The molecule has 2 atom stereocenters. The lowest BCUT2D eigenvalue weighted by Gasteiger charge is -2.25. The predicted molar refractivity (Wildman–Crippen MR) is 83.4 cm³/mol. The van der Waals surface area contributed by atoms with Gasteiger partial charge in [-0.25, -0.2) is 4.39 Å². The standard InChI is InChI=1S/C18H16FNO4/c19-13-3-1-2-11(6-13)15-8-14(21)9-20(15)18(22)12-4-5-16-17(7-12)24-10-23-16/h1-7,14-15,21H,8-10H2/t14-,15-/m0/s1. The van der Waals surface area contributed by atoms with E-state index in [9.17, 15) is 14.3 Å². The smallest absolute Gasteiger partial charge is 0.254 e. The molecule has 2 aliphatic rings. The van der Waals surface area contributed by atoms with Crippen LogP contribution in [0.15, 0.2) is 42.5 Å². The fraction of sp³-hybridized carbons (Fsp3) is 0.278. The van der Waals surface area contributed by atoms with Gasteiger partial charge in [0.2, 0.25) is 6.79 Å². The number of likely N-dealkylation sites (tertiary alicyclic amines) is 1. The molecule has 1 saturated heterocycles. The minimum absolute atomic E-state index is 0.140. The summed E-state index contributed by atoms with van der Waals surface area (Å²) >= 11 is 0. The highest BCUT2D eigenvalue weighted by atomic mass is 19.1. The number of amides is 1. The minimum atomic E-state index is -0.628. The highest BCUT2D eigenvalue weighted by Crippen LogP contribution is 2.36. The van der Waals surface area contributed by atoms with Crippen molar-refractivity contribution in [1.82, 2.24) is 4.90 Å². The van der Waals surface area contributed by atoms with Gasteiger partial charge in [-0.15, -0.1) is 0 Å². The third-order valence-electron chi connectivity index (χ3n) is 4.39. The van der Waals surface area contributed by atoms with Gasteiger partial charge in [-0.05, 0) is 42.3 Å². The number of carbonyl (C=O) groups is 1. The Hall–Kier alpha value is -2.60. The summed E-state index contributed by atoms with van der Waals surface area (Å²) in [4.78, 5) is 14.5. The summed E-state index contributed by atoms with van der Waals surface area (Å²) in [6, 6.07) is 10.8. The zero-order valence-electron chi connectivity index (χ0n) is 12.8. The van der Waals surface area contributed by atoms with Crippen molar-refractivity contribution in [3.63, 3.8) is 0 Å². The lowest BCUT2D eigenvalue weighted by Crippen LogP contribution is -2.31. The van der Waals surface area contributed by atoms with E-state index in [0.29, 0.717) is 29.0 Å². The first-order chi connectivity index (χ1) is 11.6. The highest BCUT2D eigenvalue weighted by Gasteiger charge is 2.36. The van der Waals surface area contributed by atoms with Crippen molar-refractivity contribution in [3.05, 3.63) is 59.4 Å². The van der Waals surface area contributed by atoms with Crippen LogP contribution in [0.2, 0.25) is 0 Å². The lowest BCUT2D eigenvalue weighted by molar-refractivity contribution is 0.0715. The van der Waals surface area contributed by atoms with Gasteiger partial charge in [-0.2, -0.15) is 0 Å². The van der Waals surface area contributed by atoms with Crippen LogP contribution in [0, 0.1) is 5.82 Å². The molecule has 2 heterocycles. The van der Waals surface area contributed by atoms with Crippen LogP contribution in [0.25, 0.3) is 0 Å². The molecular formula is C18H16FNO4. The van der Waals surface area contributed by atoms with E-state index < -0.39 is 6.10 Å². The minimum Gasteiger partial charge on any atom is -0.454 e. The summed E-state index contributed by atoms with van der Waals surface area (Å²) in [7, 11) is 0. The van der Waals surface area contributed by atoms with Gasteiger partial charge in [-0.1, -0.05) is 12.1 Å². The molecule has 2 aliphatic heterocycles. The number of rotatable bonds is 2. The van der Waals surface area contributed by atoms with Crippen molar-refractivity contribution in [3.8, 4) is 11.5 Å². The second kappa shape index (κ2) is 5.79. The molecule has 124 valence electrons. The van der Waals surface area contributed by atoms with Crippen molar-refractivity contribution < 1.29 is 23.8 Å². The van der Waals surface area contributed by atoms with Gasteiger partial charge in [0, 0.05) is 12.1 Å². The molecule has 24 heavy (non-hydrogen) atoms. The molecule has 0 unspecified atom stereocenters. The van der Waals surface area contributed by atoms with E-state index in [1.54, 1.807) is 35.2 Å². The molecule has 2 aromatic carbocycles. The quantitative estimate of drug-likeness (QED) is 0.920. The first-order valence-electron chi connectivity index (χ1n) is 7.76. The van der Waals surface area contributed by atoms with Crippen molar-refractivity contribution in [2.75, 3.05) is 13.3 Å². The second-order valence-electron chi connectivity index (χ2n) is 5.99. The maximum Gasteiger partial charge on any atom is 0.254 e. The van der Waals surface area contributed by atoms with Gasteiger partial charge in [-0.3, -0.25) is 4.79 Å². The SMILES string of the molecule is O=C(c1ccc2c(c1)OCO2)N1C[C@@H](O)C[C@H]1c1cccc(F)c1. The Bertz CT molecular complexity index is 794. The number of fused-ring (bicyclic) bond motifs is 1. The number of aliphatic hydroxyl groups is 1.